The van der Waals surface area contributed by atoms with Crippen LogP contribution in [0.2, 0.25) is 10.0 Å². The van der Waals surface area contributed by atoms with Crippen molar-refractivity contribution in [3.63, 3.8) is 0 Å². The van der Waals surface area contributed by atoms with E-state index >= 15 is 0 Å². The number of likely N-dealkylation sites (N-methyl/N-ethyl adjacent to an activating group) is 1. The van der Waals surface area contributed by atoms with Crippen LogP contribution in [-0.2, 0) is 0 Å². The molecular formula is C24H25Cl2N5O3. The number of rotatable bonds is 7. The summed E-state index contributed by atoms with van der Waals surface area (Å²) in [6.07, 6.45) is 1.51. The van der Waals surface area contributed by atoms with Crippen molar-refractivity contribution in [1.29, 1.82) is 5.26 Å². The maximum absolute atomic E-state index is 9.73. The van der Waals surface area contributed by atoms with Gasteiger partial charge < -0.3 is 29.7 Å². The van der Waals surface area contributed by atoms with E-state index in [1.165, 1.54) is 13.3 Å². The van der Waals surface area contributed by atoms with E-state index < -0.39 is 0 Å². The Balaban J connectivity index is 1.71. The molecule has 2 heterocycles. The Hall–Kier alpha value is -2.96. The predicted octanol–water partition coefficient (Wildman–Crippen LogP) is 4.46. The molecule has 34 heavy (non-hydrogen) atoms. The highest BCUT2D eigenvalue weighted by Gasteiger charge is 2.20. The van der Waals surface area contributed by atoms with E-state index in [9.17, 15) is 5.26 Å². The Labute approximate surface area is 208 Å². The Morgan fingerprint density at radius 3 is 2.65 bits per heavy atom. The molecule has 0 spiro atoms. The summed E-state index contributed by atoms with van der Waals surface area (Å²) >= 11 is 12.6. The van der Waals surface area contributed by atoms with Crippen molar-refractivity contribution in [2.24, 2.45) is 0 Å². The molecule has 3 aromatic rings. The molecule has 0 amide bonds. The van der Waals surface area contributed by atoms with Gasteiger partial charge in [-0.2, -0.15) is 5.26 Å². The van der Waals surface area contributed by atoms with E-state index in [1.807, 2.05) is 12.1 Å². The number of aromatic nitrogens is 1. The van der Waals surface area contributed by atoms with Gasteiger partial charge in [-0.1, -0.05) is 23.2 Å². The number of nitriles is 1. The molecule has 0 bridgehead atoms. The van der Waals surface area contributed by atoms with Crippen molar-refractivity contribution in [2.45, 2.75) is 6.04 Å². The van der Waals surface area contributed by atoms with Crippen molar-refractivity contribution in [1.82, 2.24) is 15.2 Å². The quantitative estimate of drug-likeness (QED) is 0.490. The standard InChI is InChI=1S/C24H25Cl2N5O3/c1-31-5-4-28-15(12-31)13-34-23-8-19-16(6-22(23)33-3)24(14(10-27)11-29-19)30-20-9-21(32-2)18(26)7-17(20)25/h6-9,11,15,28H,4-5,12-13H2,1-3H3,(H,29,30). The highest BCUT2D eigenvalue weighted by molar-refractivity contribution is 6.37. The molecule has 0 radical (unpaired) electrons. The van der Waals surface area contributed by atoms with E-state index in [0.717, 1.165) is 19.6 Å². The number of ether oxygens (including phenoxy) is 3. The Morgan fingerprint density at radius 2 is 1.94 bits per heavy atom. The van der Waals surface area contributed by atoms with E-state index in [-0.39, 0.29) is 6.04 Å². The van der Waals surface area contributed by atoms with Gasteiger partial charge in [0, 0.05) is 43.4 Å². The summed E-state index contributed by atoms with van der Waals surface area (Å²) in [7, 11) is 5.20. The van der Waals surface area contributed by atoms with Gasteiger partial charge in [-0.05, 0) is 19.2 Å². The summed E-state index contributed by atoms with van der Waals surface area (Å²) in [6, 6.07) is 9.29. The number of fused-ring (bicyclic) bond motifs is 1. The van der Waals surface area contributed by atoms with Crippen LogP contribution < -0.4 is 24.8 Å². The van der Waals surface area contributed by atoms with Gasteiger partial charge in [-0.3, -0.25) is 4.98 Å². The summed E-state index contributed by atoms with van der Waals surface area (Å²) < 4.78 is 17.0. The molecule has 2 N–H and O–H groups in total. The first kappa shape index (κ1) is 24.2. The highest BCUT2D eigenvalue weighted by atomic mass is 35.5. The predicted molar refractivity (Wildman–Crippen MR) is 134 cm³/mol. The van der Waals surface area contributed by atoms with Gasteiger partial charge in [0.2, 0.25) is 0 Å². The number of benzene rings is 2. The fourth-order valence-electron chi connectivity index (χ4n) is 3.90. The maximum Gasteiger partial charge on any atom is 0.163 e. The smallest absolute Gasteiger partial charge is 0.163 e. The summed E-state index contributed by atoms with van der Waals surface area (Å²) in [5, 5.41) is 17.9. The SMILES string of the molecule is COc1cc(Nc2c(C#N)cnc3cc(OCC4CN(C)CCN4)c(OC)cc23)c(Cl)cc1Cl. The average molecular weight is 502 g/mol. The number of nitrogens with zero attached hydrogens (tertiary/aromatic N) is 3. The van der Waals surface area contributed by atoms with Gasteiger partial charge in [0.25, 0.3) is 0 Å². The van der Waals surface area contributed by atoms with Crippen molar-refractivity contribution in [3.05, 3.63) is 46.1 Å². The second-order valence-electron chi connectivity index (χ2n) is 7.99. The molecule has 1 atom stereocenters. The fourth-order valence-corrected chi connectivity index (χ4v) is 4.41. The largest absolute Gasteiger partial charge is 0.495 e. The van der Waals surface area contributed by atoms with E-state index in [2.05, 4.69) is 33.6 Å². The Kier molecular flexibility index (Phi) is 7.49. The number of hydrogen-bond acceptors (Lipinski definition) is 8. The minimum Gasteiger partial charge on any atom is -0.495 e. The molecule has 2 aromatic carbocycles. The number of piperazine rings is 1. The normalized spacial score (nSPS) is 16.2. The number of anilines is 2. The highest BCUT2D eigenvalue weighted by Crippen LogP contribution is 2.40. The summed E-state index contributed by atoms with van der Waals surface area (Å²) in [5.74, 6) is 1.58. The lowest BCUT2D eigenvalue weighted by Crippen LogP contribution is -2.51. The van der Waals surface area contributed by atoms with Crippen LogP contribution in [0.1, 0.15) is 5.56 Å². The molecular weight excluding hydrogens is 477 g/mol. The van der Waals surface area contributed by atoms with Crippen molar-refractivity contribution >= 4 is 45.5 Å². The lowest BCUT2D eigenvalue weighted by molar-refractivity contribution is 0.177. The van der Waals surface area contributed by atoms with Gasteiger partial charge in [-0.15, -0.1) is 0 Å². The zero-order valence-electron chi connectivity index (χ0n) is 19.1. The minimum absolute atomic E-state index is 0.215. The minimum atomic E-state index is 0.215. The van der Waals surface area contributed by atoms with Gasteiger partial charge in [0.1, 0.15) is 18.4 Å². The Morgan fingerprint density at radius 1 is 1.15 bits per heavy atom. The zero-order chi connectivity index (χ0) is 24.2. The Bertz CT molecular complexity index is 1250. The van der Waals surface area contributed by atoms with Crippen molar-refractivity contribution in [3.8, 4) is 23.3 Å². The number of hydrogen-bond donors (Lipinski definition) is 2. The molecule has 1 aromatic heterocycles. The van der Waals surface area contributed by atoms with E-state index in [1.54, 1.807) is 19.2 Å². The lowest BCUT2D eigenvalue weighted by atomic mass is 10.1. The first-order valence-corrected chi connectivity index (χ1v) is 11.4. The third-order valence-corrected chi connectivity index (χ3v) is 6.28. The van der Waals surface area contributed by atoms with Crippen LogP contribution >= 0.6 is 23.2 Å². The average Bonchev–Trinajstić information content (AvgIpc) is 2.83. The molecule has 178 valence electrons. The van der Waals surface area contributed by atoms with E-state index in [4.69, 9.17) is 37.4 Å². The van der Waals surface area contributed by atoms with Crippen LogP contribution in [-0.4, -0.2) is 63.4 Å². The van der Waals surface area contributed by atoms with Crippen LogP contribution in [0.25, 0.3) is 10.9 Å². The van der Waals surface area contributed by atoms with Crippen LogP contribution in [0.3, 0.4) is 0 Å². The number of pyridine rings is 1. The molecule has 1 saturated heterocycles. The topological polar surface area (TPSA) is 91.7 Å². The zero-order valence-corrected chi connectivity index (χ0v) is 20.6. The molecule has 4 rings (SSSR count). The number of halogens is 2. The van der Waals surface area contributed by atoms with Crippen LogP contribution in [0.5, 0.6) is 17.2 Å². The first-order chi connectivity index (χ1) is 16.4. The molecule has 1 unspecified atom stereocenters. The van der Waals surface area contributed by atoms with Gasteiger partial charge in [-0.25, -0.2) is 0 Å². The monoisotopic (exact) mass is 501 g/mol. The second-order valence-corrected chi connectivity index (χ2v) is 8.81. The van der Waals surface area contributed by atoms with Gasteiger partial charge in [0.05, 0.1) is 52.8 Å². The van der Waals surface area contributed by atoms with Crippen molar-refractivity contribution in [2.75, 3.05) is 52.8 Å². The summed E-state index contributed by atoms with van der Waals surface area (Å²) in [5.41, 5.74) is 2.07. The second kappa shape index (κ2) is 10.5. The molecule has 1 fully saturated rings. The first-order valence-electron chi connectivity index (χ1n) is 10.7. The molecule has 8 nitrogen and oxygen atoms in total. The molecule has 1 aliphatic rings. The number of nitrogens with one attached hydrogen (secondary N) is 2. The third-order valence-electron chi connectivity index (χ3n) is 5.67. The van der Waals surface area contributed by atoms with Crippen LogP contribution in [0, 0.1) is 11.3 Å². The van der Waals surface area contributed by atoms with Gasteiger partial charge >= 0.3 is 0 Å². The third kappa shape index (κ3) is 5.08. The molecule has 1 aliphatic heterocycles. The van der Waals surface area contributed by atoms with Gasteiger partial charge in [0.15, 0.2) is 11.5 Å². The molecule has 10 heteroatoms. The lowest BCUT2D eigenvalue weighted by Gasteiger charge is -2.30. The molecule has 0 aliphatic carbocycles. The van der Waals surface area contributed by atoms with Crippen LogP contribution in [0.15, 0.2) is 30.5 Å². The fraction of sp³-hybridized carbons (Fsp3) is 0.333. The van der Waals surface area contributed by atoms with E-state index in [0.29, 0.717) is 61.7 Å². The number of methoxy groups -OCH3 is 2. The summed E-state index contributed by atoms with van der Waals surface area (Å²) in [4.78, 5) is 6.73. The van der Waals surface area contributed by atoms with Crippen LogP contribution in [0.4, 0.5) is 11.4 Å². The maximum atomic E-state index is 9.73. The summed E-state index contributed by atoms with van der Waals surface area (Å²) in [6.45, 7) is 3.33. The molecule has 0 saturated carbocycles. The van der Waals surface area contributed by atoms with Crippen molar-refractivity contribution < 1.29 is 14.2 Å².